The molecule has 4 aromatic rings. The number of carbonyl (C=O) groups is 3. The molecular weight excluding hydrogens is 1370 g/mol. The zero-order valence-corrected chi connectivity index (χ0v) is 67.7. The Labute approximate surface area is 647 Å². The molecule has 2 aromatic carbocycles. The van der Waals surface area contributed by atoms with Gasteiger partial charge in [0.25, 0.3) is 0 Å². The Morgan fingerprint density at radius 2 is 0.990 bits per heavy atom. The van der Waals surface area contributed by atoms with Gasteiger partial charge < -0.3 is 45.4 Å². The second-order valence-corrected chi connectivity index (χ2v) is 28.2. The van der Waals surface area contributed by atoms with Gasteiger partial charge in [-0.05, 0) is 66.6 Å². The number of aliphatic hydroxyl groups is 2. The Morgan fingerprint density at radius 1 is 0.539 bits per heavy atom. The second kappa shape index (κ2) is 61.1. The van der Waals surface area contributed by atoms with Crippen LogP contribution >= 0.6 is 11.5 Å². The van der Waals surface area contributed by atoms with Crippen LogP contribution in [0, 0.1) is 12.3 Å². The second-order valence-electron chi connectivity index (χ2n) is 27.6. The SMILES string of the molecule is CCC(C)[CH-]/C=C/C=C/c1ccccc1.CCCCCCCCCCCCCCCCCC(=O)N[C@@H](CC)[C@H](O)/C=C/C(=O)Nc1ccc(N2CCOCC2)nc1N1CCOCC1.CCCCCCCCCCCCCCCCCC(=O)N[C@@H](CC)[C@H](O)C=Cc1ccc(-c2csnn2)cc1.[Y]. The molecule has 3 amide bonds. The normalized spacial score (nSPS) is 14.7. The minimum Gasteiger partial charge on any atom is -0.387 e. The first-order chi connectivity index (χ1) is 49.5. The molecular formula is C85H135N8O7SY-. The monoisotopic (exact) mass is 1500 g/mol. The third kappa shape index (κ3) is 43.4. The van der Waals surface area contributed by atoms with Gasteiger partial charge in [-0.25, -0.2) is 23.6 Å². The van der Waals surface area contributed by atoms with Crippen LogP contribution in [0.3, 0.4) is 0 Å². The van der Waals surface area contributed by atoms with Crippen molar-refractivity contribution in [3.63, 3.8) is 0 Å². The van der Waals surface area contributed by atoms with Crippen LogP contribution in [0.15, 0.2) is 109 Å². The standard InChI is InChI=1S/C38H65N5O5.C32H51N3O2S.C15H19.Y/c1-3-5-6-7-8-9-10-11-12-13-14-15-16-17-18-19-36(45)39-32(4-2)34(44)21-23-37(46)40-33-20-22-35(42-24-28-47-29-25-42)41-38(33)43-26-30-48-31-27-43;1-3-5-6-7-8-9-10-11-12-13-14-15-16-17-18-19-32(37)33-29(4-2)31(36)25-22-27-20-23-28(24-21-27)30-26-38-35-34-30;1-3-14(2)10-6-4-7-11-15-12-8-5-9-13-15;/h20-23,32,34,44H,3-19,24-31H2,1-2H3,(H,39,45)(H,40,46);20-26,29,31,36H,3-19H2,1-2H3,(H,33,37);4-14H,3H2,1-2H3;/q;;-1;/b23-21+;;6-4+,11-7+;/t32-,34+;29-,31+;;/m00../s1. The van der Waals surface area contributed by atoms with E-state index in [1.807, 2.05) is 67.8 Å². The van der Waals surface area contributed by atoms with Gasteiger partial charge in [0, 0.05) is 88.7 Å². The number of pyridine rings is 1. The van der Waals surface area contributed by atoms with Crippen LogP contribution in [0.1, 0.15) is 277 Å². The van der Waals surface area contributed by atoms with Crippen LogP contribution in [0.2, 0.25) is 0 Å². The molecule has 2 saturated heterocycles. The van der Waals surface area contributed by atoms with E-state index in [-0.39, 0.29) is 56.5 Å². The summed E-state index contributed by atoms with van der Waals surface area (Å²) in [6.07, 6.45) is 58.0. The Hall–Kier alpha value is -5.07. The fraction of sp³-hybridized carbons (Fsp3) is 0.635. The van der Waals surface area contributed by atoms with Crippen LogP contribution in [-0.4, -0.2) is 119 Å². The van der Waals surface area contributed by atoms with Gasteiger partial charge in [-0.1, -0.05) is 311 Å². The quantitative estimate of drug-likeness (QED) is 0.0122. The number of nitrogens with zero attached hydrogens (tertiary/aromatic N) is 5. The molecule has 0 aliphatic carbocycles. The summed E-state index contributed by atoms with van der Waals surface area (Å²) in [6, 6.07) is 21.4. The summed E-state index contributed by atoms with van der Waals surface area (Å²) in [6.45, 7) is 18.4. The van der Waals surface area contributed by atoms with Gasteiger partial charge in [0.2, 0.25) is 17.7 Å². The summed E-state index contributed by atoms with van der Waals surface area (Å²) < 4.78 is 14.9. The molecule has 17 heteroatoms. The van der Waals surface area contributed by atoms with Crippen molar-refractivity contribution in [1.29, 1.82) is 0 Å². The Kier molecular flexibility index (Phi) is 54.6. The summed E-state index contributed by atoms with van der Waals surface area (Å²) in [5.41, 5.74) is 4.74. The van der Waals surface area contributed by atoms with Crippen molar-refractivity contribution >= 4 is 58.7 Å². The predicted molar refractivity (Wildman–Crippen MR) is 426 cm³/mol. The van der Waals surface area contributed by atoms with E-state index in [2.05, 4.69) is 118 Å². The summed E-state index contributed by atoms with van der Waals surface area (Å²) >= 11 is 1.33. The van der Waals surface area contributed by atoms with Crippen LogP contribution in [0.25, 0.3) is 23.4 Å². The van der Waals surface area contributed by atoms with Crippen molar-refractivity contribution in [2.45, 2.75) is 291 Å². The van der Waals surface area contributed by atoms with Gasteiger partial charge >= 0.3 is 0 Å². The van der Waals surface area contributed by atoms with E-state index >= 15 is 0 Å². The van der Waals surface area contributed by atoms with Crippen LogP contribution < -0.4 is 25.8 Å². The zero-order valence-electron chi connectivity index (χ0n) is 64.1. The summed E-state index contributed by atoms with van der Waals surface area (Å²) in [4.78, 5) is 47.2. The Bertz CT molecular complexity index is 2810. The van der Waals surface area contributed by atoms with Crippen molar-refractivity contribution < 1.29 is 66.8 Å². The number of hydrogen-bond acceptors (Lipinski definition) is 13. The van der Waals surface area contributed by atoms with Gasteiger partial charge in [0.05, 0.1) is 56.4 Å². The molecule has 567 valence electrons. The number of allylic oxidation sites excluding steroid dienone is 3. The smallest absolute Gasteiger partial charge is 0.248 e. The Balaban J connectivity index is 0.000000444. The maximum absolute atomic E-state index is 12.9. The summed E-state index contributed by atoms with van der Waals surface area (Å²) in [7, 11) is 0. The number of amides is 3. The average molecular weight is 1500 g/mol. The number of morpholine rings is 2. The summed E-state index contributed by atoms with van der Waals surface area (Å²) in [5, 5.41) is 36.3. The number of carbonyl (C=O) groups excluding carboxylic acids is 3. The third-order valence-corrected chi connectivity index (χ3v) is 19.6. The minimum atomic E-state index is -0.966. The van der Waals surface area contributed by atoms with E-state index < -0.39 is 18.2 Å². The maximum atomic E-state index is 12.9. The summed E-state index contributed by atoms with van der Waals surface area (Å²) in [5.74, 6) is 1.88. The number of aliphatic hydroxyl groups excluding tert-OH is 2. The number of benzene rings is 2. The predicted octanol–water partition coefficient (Wildman–Crippen LogP) is 20.0. The first kappa shape index (κ1) is 91.1. The average Bonchev–Trinajstić information content (AvgIpc) is 0.927. The topological polar surface area (TPSA) is 191 Å². The number of anilines is 3. The number of rotatable bonds is 51. The fourth-order valence-electron chi connectivity index (χ4n) is 12.3. The van der Waals surface area contributed by atoms with Crippen molar-refractivity contribution in [1.82, 2.24) is 25.2 Å². The van der Waals surface area contributed by atoms with Crippen molar-refractivity contribution in [2.24, 2.45) is 5.92 Å². The first-order valence-corrected chi connectivity index (χ1v) is 40.7. The molecule has 5 N–H and O–H groups in total. The molecule has 4 heterocycles. The molecule has 1 unspecified atom stereocenters. The molecule has 2 aliphatic rings. The van der Waals surface area contributed by atoms with E-state index in [0.717, 1.165) is 61.4 Å². The van der Waals surface area contributed by atoms with Gasteiger partial charge in [-0.3, -0.25) is 14.4 Å². The number of nitrogens with one attached hydrogen (secondary N) is 3. The van der Waals surface area contributed by atoms with Gasteiger partial charge in [-0.15, -0.1) is 11.2 Å². The van der Waals surface area contributed by atoms with Gasteiger partial charge in [-0.2, -0.15) is 0 Å². The molecule has 0 saturated carbocycles. The maximum Gasteiger partial charge on any atom is 0.248 e. The van der Waals surface area contributed by atoms with Crippen molar-refractivity contribution in [3.05, 3.63) is 126 Å². The van der Waals surface area contributed by atoms with Crippen molar-refractivity contribution in [2.75, 3.05) is 67.7 Å². The fourth-order valence-corrected chi connectivity index (χ4v) is 12.8. The molecule has 2 aromatic heterocycles. The number of ether oxygens (including phenoxy) is 2. The van der Waals surface area contributed by atoms with E-state index in [0.29, 0.717) is 82.6 Å². The number of hydrogen-bond donors (Lipinski definition) is 5. The van der Waals surface area contributed by atoms with Crippen LogP contribution in [0.5, 0.6) is 0 Å². The molecule has 5 atom stereocenters. The molecule has 2 aliphatic heterocycles. The third-order valence-electron chi connectivity index (χ3n) is 19.1. The molecule has 2 fully saturated rings. The number of unbranched alkanes of at least 4 members (excludes halogenated alkanes) is 28. The molecule has 0 spiro atoms. The number of aromatic nitrogens is 3. The zero-order chi connectivity index (χ0) is 72.4. The van der Waals surface area contributed by atoms with Gasteiger partial charge in [0.1, 0.15) is 11.5 Å². The van der Waals surface area contributed by atoms with Crippen molar-refractivity contribution in [3.8, 4) is 11.3 Å². The molecule has 15 nitrogen and oxygen atoms in total. The van der Waals surface area contributed by atoms with Gasteiger partial charge in [0.15, 0.2) is 5.82 Å². The van der Waals surface area contributed by atoms with E-state index in [1.165, 1.54) is 203 Å². The van der Waals surface area contributed by atoms with Crippen LogP contribution in [0.4, 0.5) is 17.3 Å². The van der Waals surface area contributed by atoms with E-state index in [1.54, 1.807) is 6.08 Å². The van der Waals surface area contributed by atoms with E-state index in [4.69, 9.17) is 14.5 Å². The van der Waals surface area contributed by atoms with Crippen LogP contribution in [-0.2, 0) is 56.6 Å². The molecule has 6 rings (SSSR count). The first-order valence-electron chi connectivity index (χ1n) is 39.9. The molecule has 1 radical (unpaired) electrons. The molecule has 0 bridgehead atoms. The minimum absolute atomic E-state index is 0. The van der Waals surface area contributed by atoms with E-state index in [9.17, 15) is 24.6 Å². The molecule has 102 heavy (non-hydrogen) atoms. The Morgan fingerprint density at radius 3 is 1.44 bits per heavy atom. The largest absolute Gasteiger partial charge is 0.387 e.